The summed E-state index contributed by atoms with van der Waals surface area (Å²) in [6.45, 7) is 2.08. The Bertz CT molecular complexity index is 773. The van der Waals surface area contributed by atoms with Crippen molar-refractivity contribution in [2.75, 3.05) is 23.4 Å². The van der Waals surface area contributed by atoms with Crippen LogP contribution in [0.3, 0.4) is 0 Å². The fraction of sp³-hybridized carbons (Fsp3) is 0.316. The number of rotatable bonds is 6. The molecular weight excluding hydrogens is 352 g/mol. The first-order valence-corrected chi connectivity index (χ1v) is 9.60. The van der Waals surface area contributed by atoms with E-state index in [-0.39, 0.29) is 18.0 Å². The molecule has 0 saturated carbocycles. The zero-order valence-corrected chi connectivity index (χ0v) is 15.3. The molecule has 1 saturated heterocycles. The van der Waals surface area contributed by atoms with Gasteiger partial charge in [0.2, 0.25) is 5.88 Å². The Balaban J connectivity index is 1.63. The molecule has 26 heavy (non-hydrogen) atoms. The minimum atomic E-state index is -0.383. The SMILES string of the molecule is CCOC(=O)c1ccc(NC(=O)c2ccnc(OC3CCSC3)c2)cc1. The summed E-state index contributed by atoms with van der Waals surface area (Å²) in [5.74, 6) is 1.86. The Morgan fingerprint density at radius 1 is 1.23 bits per heavy atom. The average molecular weight is 372 g/mol. The molecule has 1 atom stereocenters. The molecule has 0 spiro atoms. The van der Waals surface area contributed by atoms with Crippen LogP contribution >= 0.6 is 11.8 Å². The van der Waals surface area contributed by atoms with E-state index in [0.29, 0.717) is 29.3 Å². The van der Waals surface area contributed by atoms with E-state index in [0.717, 1.165) is 17.9 Å². The molecule has 0 aliphatic carbocycles. The smallest absolute Gasteiger partial charge is 0.338 e. The van der Waals surface area contributed by atoms with Gasteiger partial charge in [0.25, 0.3) is 5.91 Å². The third-order valence-corrected chi connectivity index (χ3v) is 4.96. The summed E-state index contributed by atoms with van der Waals surface area (Å²) >= 11 is 1.85. The second-order valence-electron chi connectivity index (χ2n) is 5.74. The molecule has 1 unspecified atom stereocenters. The van der Waals surface area contributed by atoms with E-state index in [9.17, 15) is 9.59 Å². The maximum absolute atomic E-state index is 12.4. The van der Waals surface area contributed by atoms with Crippen LogP contribution in [0.4, 0.5) is 5.69 Å². The van der Waals surface area contributed by atoms with Crippen LogP contribution in [0, 0.1) is 0 Å². The lowest BCUT2D eigenvalue weighted by atomic mass is 10.2. The van der Waals surface area contributed by atoms with Gasteiger partial charge in [-0.2, -0.15) is 11.8 Å². The zero-order valence-electron chi connectivity index (χ0n) is 14.4. The van der Waals surface area contributed by atoms with Crippen molar-refractivity contribution in [2.45, 2.75) is 19.4 Å². The van der Waals surface area contributed by atoms with Crippen molar-refractivity contribution in [3.63, 3.8) is 0 Å². The molecule has 0 radical (unpaired) electrons. The largest absolute Gasteiger partial charge is 0.473 e. The Morgan fingerprint density at radius 2 is 2.04 bits per heavy atom. The Kier molecular flexibility index (Phi) is 6.12. The molecule has 136 valence electrons. The summed E-state index contributed by atoms with van der Waals surface area (Å²) in [6, 6.07) is 9.85. The molecule has 6 nitrogen and oxygen atoms in total. The monoisotopic (exact) mass is 372 g/mol. The molecule has 1 N–H and O–H groups in total. The third-order valence-electron chi connectivity index (χ3n) is 3.83. The number of nitrogens with zero attached hydrogens (tertiary/aromatic N) is 1. The highest BCUT2D eigenvalue weighted by Crippen LogP contribution is 2.22. The van der Waals surface area contributed by atoms with Crippen LogP contribution in [-0.4, -0.2) is 41.1 Å². The number of nitrogens with one attached hydrogen (secondary N) is 1. The van der Waals surface area contributed by atoms with Gasteiger partial charge in [-0.25, -0.2) is 9.78 Å². The number of pyridine rings is 1. The van der Waals surface area contributed by atoms with E-state index in [2.05, 4.69) is 10.3 Å². The molecule has 1 aromatic heterocycles. The lowest BCUT2D eigenvalue weighted by molar-refractivity contribution is 0.0526. The Labute approximate surface area is 156 Å². The number of thioether (sulfide) groups is 1. The van der Waals surface area contributed by atoms with Gasteiger partial charge in [0.1, 0.15) is 6.10 Å². The standard InChI is InChI=1S/C19H20N2O4S/c1-2-24-19(23)13-3-5-15(6-4-13)21-18(22)14-7-9-20-17(11-14)25-16-8-10-26-12-16/h3-7,9,11,16H,2,8,10,12H2,1H3,(H,21,22). The molecular formula is C19H20N2O4S. The minimum absolute atomic E-state index is 0.154. The number of ether oxygens (including phenoxy) is 2. The van der Waals surface area contributed by atoms with Gasteiger partial charge in [0.15, 0.2) is 0 Å². The lowest BCUT2D eigenvalue weighted by Crippen LogP contribution is -2.17. The minimum Gasteiger partial charge on any atom is -0.473 e. The number of carbonyl (C=O) groups is 2. The van der Waals surface area contributed by atoms with Crippen LogP contribution < -0.4 is 10.1 Å². The summed E-state index contributed by atoms with van der Waals surface area (Å²) in [5.41, 5.74) is 1.50. The molecule has 3 rings (SSSR count). The van der Waals surface area contributed by atoms with Crippen LogP contribution in [0.2, 0.25) is 0 Å². The molecule has 1 fully saturated rings. The first kappa shape index (κ1) is 18.3. The number of esters is 1. The van der Waals surface area contributed by atoms with E-state index in [1.54, 1.807) is 49.5 Å². The number of aromatic nitrogens is 1. The number of carbonyl (C=O) groups excluding carboxylic acids is 2. The predicted octanol–water partition coefficient (Wildman–Crippen LogP) is 3.39. The van der Waals surface area contributed by atoms with Crippen molar-refractivity contribution in [3.05, 3.63) is 53.7 Å². The number of hydrogen-bond acceptors (Lipinski definition) is 6. The summed E-state index contributed by atoms with van der Waals surface area (Å²) in [7, 11) is 0. The van der Waals surface area contributed by atoms with Gasteiger partial charge in [0.05, 0.1) is 12.2 Å². The Hall–Kier alpha value is -2.54. The quantitative estimate of drug-likeness (QED) is 0.783. The third kappa shape index (κ3) is 4.76. The maximum atomic E-state index is 12.4. The van der Waals surface area contributed by atoms with Crippen molar-refractivity contribution in [2.24, 2.45) is 0 Å². The van der Waals surface area contributed by atoms with Gasteiger partial charge in [0, 0.05) is 29.3 Å². The normalized spacial score (nSPS) is 16.1. The maximum Gasteiger partial charge on any atom is 0.338 e. The first-order chi connectivity index (χ1) is 12.7. The lowest BCUT2D eigenvalue weighted by Gasteiger charge is -2.12. The van der Waals surface area contributed by atoms with Crippen LogP contribution in [-0.2, 0) is 4.74 Å². The van der Waals surface area contributed by atoms with Gasteiger partial charge in [-0.3, -0.25) is 4.79 Å². The molecule has 2 heterocycles. The number of anilines is 1. The zero-order chi connectivity index (χ0) is 18.4. The molecule has 7 heteroatoms. The van der Waals surface area contributed by atoms with E-state index < -0.39 is 0 Å². The highest BCUT2D eigenvalue weighted by atomic mass is 32.2. The number of hydrogen-bond donors (Lipinski definition) is 1. The Morgan fingerprint density at radius 3 is 2.73 bits per heavy atom. The van der Waals surface area contributed by atoms with Gasteiger partial charge in [-0.05, 0) is 49.4 Å². The highest BCUT2D eigenvalue weighted by Gasteiger charge is 2.18. The van der Waals surface area contributed by atoms with Crippen molar-refractivity contribution in [1.82, 2.24) is 4.98 Å². The molecule has 1 aromatic carbocycles. The van der Waals surface area contributed by atoms with Crippen molar-refractivity contribution < 1.29 is 19.1 Å². The molecule has 2 aromatic rings. The fourth-order valence-corrected chi connectivity index (χ4v) is 3.59. The van der Waals surface area contributed by atoms with E-state index in [4.69, 9.17) is 9.47 Å². The predicted molar refractivity (Wildman–Crippen MR) is 101 cm³/mol. The van der Waals surface area contributed by atoms with E-state index >= 15 is 0 Å². The van der Waals surface area contributed by atoms with Gasteiger partial charge in [-0.15, -0.1) is 0 Å². The average Bonchev–Trinajstić information content (AvgIpc) is 3.16. The van der Waals surface area contributed by atoms with Crippen LogP contribution in [0.1, 0.15) is 34.1 Å². The summed E-state index contributed by atoms with van der Waals surface area (Å²) in [4.78, 5) is 28.3. The molecule has 1 amide bonds. The van der Waals surface area contributed by atoms with Crippen molar-refractivity contribution in [1.29, 1.82) is 0 Å². The highest BCUT2D eigenvalue weighted by molar-refractivity contribution is 7.99. The number of amides is 1. The topological polar surface area (TPSA) is 77.5 Å². The van der Waals surface area contributed by atoms with E-state index in [1.165, 1.54) is 0 Å². The van der Waals surface area contributed by atoms with Gasteiger partial charge < -0.3 is 14.8 Å². The fourth-order valence-electron chi connectivity index (χ4n) is 2.50. The number of benzene rings is 1. The first-order valence-electron chi connectivity index (χ1n) is 8.44. The van der Waals surface area contributed by atoms with Crippen molar-refractivity contribution in [3.8, 4) is 5.88 Å². The second-order valence-corrected chi connectivity index (χ2v) is 6.89. The second kappa shape index (κ2) is 8.71. The summed E-state index contributed by atoms with van der Waals surface area (Å²) in [6.07, 6.45) is 2.72. The molecule has 1 aliphatic heterocycles. The van der Waals surface area contributed by atoms with E-state index in [1.807, 2.05) is 11.8 Å². The van der Waals surface area contributed by atoms with Gasteiger partial charge >= 0.3 is 5.97 Å². The van der Waals surface area contributed by atoms with Crippen LogP contribution in [0.5, 0.6) is 5.88 Å². The van der Waals surface area contributed by atoms with Crippen LogP contribution in [0.15, 0.2) is 42.6 Å². The summed E-state index contributed by atoms with van der Waals surface area (Å²) < 4.78 is 10.8. The molecule has 0 bridgehead atoms. The van der Waals surface area contributed by atoms with Gasteiger partial charge in [-0.1, -0.05) is 0 Å². The van der Waals surface area contributed by atoms with Crippen LogP contribution in [0.25, 0.3) is 0 Å². The molecule has 1 aliphatic rings. The summed E-state index contributed by atoms with van der Waals surface area (Å²) in [5, 5.41) is 2.80. The van der Waals surface area contributed by atoms with Crippen molar-refractivity contribution >= 4 is 29.3 Å².